The molecule has 0 spiro atoms. The molecule has 25 heavy (non-hydrogen) atoms. The van der Waals surface area contributed by atoms with Crippen LogP contribution in [0.3, 0.4) is 0 Å². The highest BCUT2D eigenvalue weighted by Gasteiger charge is 2.37. The molecule has 0 aliphatic heterocycles. The van der Waals surface area contributed by atoms with E-state index in [1.807, 2.05) is 18.2 Å². The first-order chi connectivity index (χ1) is 11.9. The molecule has 0 amide bonds. The summed E-state index contributed by atoms with van der Waals surface area (Å²) in [5, 5.41) is 17.9. The third-order valence-corrected chi connectivity index (χ3v) is 3.79. The van der Waals surface area contributed by atoms with Gasteiger partial charge in [0.05, 0.1) is 5.76 Å². The topological polar surface area (TPSA) is 57.5 Å². The number of halogens is 2. The number of alkyl halides is 2. The van der Waals surface area contributed by atoms with Gasteiger partial charge >= 0.3 is 11.9 Å². The van der Waals surface area contributed by atoms with E-state index in [1.165, 1.54) is 0 Å². The van der Waals surface area contributed by atoms with Gasteiger partial charge in [0.15, 0.2) is 0 Å². The Hall–Kier alpha value is -1.65. The molecule has 0 saturated carbocycles. The molecule has 0 fully saturated rings. The van der Waals surface area contributed by atoms with Crippen molar-refractivity contribution in [3.05, 3.63) is 36.1 Å². The molecule has 0 aromatic rings. The molecule has 0 heterocycles. The maximum absolute atomic E-state index is 12.8. The normalized spacial score (nSPS) is 13.2. The number of rotatable bonds is 15. The summed E-state index contributed by atoms with van der Waals surface area (Å²) in [7, 11) is 0. The van der Waals surface area contributed by atoms with E-state index in [9.17, 15) is 18.7 Å². The SMILES string of the molecule is CCCCC/C(O)=C/C/C=C\CCCC/C=C\CCC(F)(F)C(=O)O. The smallest absolute Gasteiger partial charge is 0.374 e. The lowest BCUT2D eigenvalue weighted by Gasteiger charge is -2.08. The van der Waals surface area contributed by atoms with Crippen molar-refractivity contribution in [2.45, 2.75) is 83.5 Å². The Bertz CT molecular complexity index is 440. The molecule has 0 aliphatic rings. The lowest BCUT2D eigenvalue weighted by atomic mass is 10.1. The molecular formula is C20H32F2O3. The van der Waals surface area contributed by atoms with Crippen LogP contribution in [0.25, 0.3) is 0 Å². The summed E-state index contributed by atoms with van der Waals surface area (Å²) < 4.78 is 25.6. The average Bonchev–Trinajstić information content (AvgIpc) is 2.55. The van der Waals surface area contributed by atoms with Crippen molar-refractivity contribution in [3.63, 3.8) is 0 Å². The monoisotopic (exact) mass is 358 g/mol. The van der Waals surface area contributed by atoms with Crippen LogP contribution in [0.5, 0.6) is 0 Å². The molecule has 0 radical (unpaired) electrons. The Morgan fingerprint density at radius 2 is 1.52 bits per heavy atom. The number of hydrogen-bond acceptors (Lipinski definition) is 2. The van der Waals surface area contributed by atoms with Crippen LogP contribution in [0, 0.1) is 0 Å². The van der Waals surface area contributed by atoms with Crippen LogP contribution in [-0.4, -0.2) is 22.1 Å². The van der Waals surface area contributed by atoms with Crippen LogP contribution >= 0.6 is 0 Å². The highest BCUT2D eigenvalue weighted by atomic mass is 19.3. The molecule has 5 heteroatoms. The molecule has 0 saturated heterocycles. The predicted molar refractivity (Wildman–Crippen MR) is 98.0 cm³/mol. The van der Waals surface area contributed by atoms with Crippen molar-refractivity contribution >= 4 is 5.97 Å². The predicted octanol–water partition coefficient (Wildman–Crippen LogP) is 6.57. The second-order valence-electron chi connectivity index (χ2n) is 6.16. The number of aliphatic hydroxyl groups excluding tert-OH is 1. The fraction of sp³-hybridized carbons (Fsp3) is 0.650. The summed E-state index contributed by atoms with van der Waals surface area (Å²) in [5.41, 5.74) is 0. The van der Waals surface area contributed by atoms with Crippen LogP contribution in [0.4, 0.5) is 8.78 Å². The van der Waals surface area contributed by atoms with Gasteiger partial charge in [-0.25, -0.2) is 4.79 Å². The van der Waals surface area contributed by atoms with Gasteiger partial charge in [0.25, 0.3) is 0 Å². The van der Waals surface area contributed by atoms with E-state index in [0.29, 0.717) is 5.76 Å². The zero-order valence-electron chi connectivity index (χ0n) is 15.2. The molecule has 0 atom stereocenters. The number of unbranched alkanes of at least 4 members (excludes halogenated alkanes) is 5. The number of carboxylic acid groups (broad SMARTS) is 1. The van der Waals surface area contributed by atoms with Crippen molar-refractivity contribution in [2.75, 3.05) is 0 Å². The maximum Gasteiger partial charge on any atom is 0.374 e. The Kier molecular flexibility index (Phi) is 13.7. The van der Waals surface area contributed by atoms with Gasteiger partial charge in [-0.1, -0.05) is 44.1 Å². The van der Waals surface area contributed by atoms with Crippen LogP contribution in [0.1, 0.15) is 77.6 Å². The Morgan fingerprint density at radius 3 is 2.12 bits per heavy atom. The highest BCUT2D eigenvalue weighted by molar-refractivity contribution is 5.75. The second-order valence-corrected chi connectivity index (χ2v) is 6.16. The summed E-state index contributed by atoms with van der Waals surface area (Å²) in [6.45, 7) is 2.14. The molecule has 3 nitrogen and oxygen atoms in total. The van der Waals surface area contributed by atoms with Gasteiger partial charge in [0, 0.05) is 12.8 Å². The minimum Gasteiger partial charge on any atom is -0.513 e. The van der Waals surface area contributed by atoms with Crippen LogP contribution in [0.2, 0.25) is 0 Å². The molecule has 0 aromatic heterocycles. The lowest BCUT2D eigenvalue weighted by molar-refractivity contribution is -0.165. The molecule has 0 aliphatic carbocycles. The number of carboxylic acids is 1. The molecule has 0 aromatic carbocycles. The highest BCUT2D eigenvalue weighted by Crippen LogP contribution is 2.20. The van der Waals surface area contributed by atoms with Crippen molar-refractivity contribution in [1.82, 2.24) is 0 Å². The molecule has 0 rings (SSSR count). The van der Waals surface area contributed by atoms with Gasteiger partial charge < -0.3 is 10.2 Å². The van der Waals surface area contributed by atoms with E-state index >= 15 is 0 Å². The maximum atomic E-state index is 12.8. The van der Waals surface area contributed by atoms with Gasteiger partial charge in [-0.05, 0) is 51.0 Å². The van der Waals surface area contributed by atoms with Crippen molar-refractivity contribution in [3.8, 4) is 0 Å². The first-order valence-corrected chi connectivity index (χ1v) is 9.19. The van der Waals surface area contributed by atoms with Crippen LogP contribution < -0.4 is 0 Å². The van der Waals surface area contributed by atoms with E-state index < -0.39 is 18.3 Å². The number of hydrogen-bond donors (Lipinski definition) is 2. The van der Waals surface area contributed by atoms with Crippen molar-refractivity contribution < 1.29 is 23.8 Å². The van der Waals surface area contributed by atoms with Crippen molar-refractivity contribution in [1.29, 1.82) is 0 Å². The average molecular weight is 358 g/mol. The van der Waals surface area contributed by atoms with Crippen LogP contribution in [0.15, 0.2) is 36.1 Å². The summed E-state index contributed by atoms with van der Waals surface area (Å²) in [6.07, 6.45) is 17.4. The third kappa shape index (κ3) is 14.4. The molecule has 144 valence electrons. The second kappa shape index (κ2) is 14.7. The summed E-state index contributed by atoms with van der Waals surface area (Å²) in [4.78, 5) is 10.2. The first kappa shape index (κ1) is 23.4. The zero-order chi connectivity index (χ0) is 19.0. The standard InChI is InChI=1S/C20H32F2O3/c1-2-3-12-15-18(23)16-13-10-8-6-4-5-7-9-11-14-17-20(21,22)19(24)25/h8-11,16,23H,2-7,12-15,17H2,1H3,(H,24,25)/b10-8-,11-9-,18-16-. The molecule has 0 unspecified atom stereocenters. The van der Waals surface area contributed by atoms with Gasteiger partial charge in [-0.2, -0.15) is 8.78 Å². The lowest BCUT2D eigenvalue weighted by Crippen LogP contribution is -2.27. The van der Waals surface area contributed by atoms with E-state index in [2.05, 4.69) is 13.0 Å². The molecular weight excluding hydrogens is 326 g/mol. The number of aliphatic carboxylic acids is 1. The van der Waals surface area contributed by atoms with Crippen LogP contribution in [-0.2, 0) is 4.79 Å². The first-order valence-electron chi connectivity index (χ1n) is 9.19. The fourth-order valence-electron chi connectivity index (χ4n) is 2.21. The van der Waals surface area contributed by atoms with Gasteiger partial charge in [0.1, 0.15) is 0 Å². The minimum atomic E-state index is -3.63. The Morgan fingerprint density at radius 1 is 0.920 bits per heavy atom. The van der Waals surface area contributed by atoms with Gasteiger partial charge in [-0.3, -0.25) is 0 Å². The Balaban J connectivity index is 3.58. The minimum absolute atomic E-state index is 0.0767. The fourth-order valence-corrected chi connectivity index (χ4v) is 2.21. The zero-order valence-corrected chi connectivity index (χ0v) is 15.2. The van der Waals surface area contributed by atoms with E-state index in [1.54, 1.807) is 6.08 Å². The molecule has 0 bridgehead atoms. The van der Waals surface area contributed by atoms with Gasteiger partial charge in [-0.15, -0.1) is 0 Å². The quantitative estimate of drug-likeness (QED) is 0.198. The number of aliphatic hydroxyl groups is 1. The van der Waals surface area contributed by atoms with E-state index in [0.717, 1.165) is 57.8 Å². The van der Waals surface area contributed by atoms with E-state index in [4.69, 9.17) is 5.11 Å². The summed E-state index contributed by atoms with van der Waals surface area (Å²) >= 11 is 0. The third-order valence-electron chi connectivity index (χ3n) is 3.79. The van der Waals surface area contributed by atoms with E-state index in [-0.39, 0.29) is 6.42 Å². The largest absolute Gasteiger partial charge is 0.513 e. The Labute approximate surface area is 150 Å². The number of carbonyl (C=O) groups is 1. The molecule has 2 N–H and O–H groups in total. The number of allylic oxidation sites excluding steroid dienone is 6. The van der Waals surface area contributed by atoms with Crippen molar-refractivity contribution in [2.24, 2.45) is 0 Å². The summed E-state index contributed by atoms with van der Waals surface area (Å²) in [5.74, 6) is -5.22. The van der Waals surface area contributed by atoms with Gasteiger partial charge in [0.2, 0.25) is 0 Å². The summed E-state index contributed by atoms with van der Waals surface area (Å²) in [6, 6.07) is 0.